The molecule has 12 heteroatoms. The van der Waals surface area contributed by atoms with Crippen LogP contribution in [0.5, 0.6) is 5.75 Å². The Morgan fingerprint density at radius 1 is 1.17 bits per heavy atom. The van der Waals surface area contributed by atoms with Crippen LogP contribution in [0, 0.1) is 12.3 Å². The van der Waals surface area contributed by atoms with Crippen molar-refractivity contribution in [3.05, 3.63) is 52.1 Å². The summed E-state index contributed by atoms with van der Waals surface area (Å²) < 4.78 is 46.3. The molecule has 0 radical (unpaired) electrons. The van der Waals surface area contributed by atoms with Gasteiger partial charge in [-0.25, -0.2) is 4.90 Å². The Labute approximate surface area is 175 Å². The fraction of sp³-hybridized carbons (Fsp3) is 0.111. The number of nitrogens with zero attached hydrogens (tertiary/aromatic N) is 3. The van der Waals surface area contributed by atoms with Crippen molar-refractivity contribution in [1.29, 1.82) is 5.41 Å². The molecule has 4 rings (SSSR count). The number of furan rings is 1. The van der Waals surface area contributed by atoms with Gasteiger partial charge in [0.25, 0.3) is 5.91 Å². The normalized spacial score (nSPS) is 16.0. The minimum absolute atomic E-state index is 0.00873. The van der Waals surface area contributed by atoms with Gasteiger partial charge in [-0.2, -0.15) is 0 Å². The Morgan fingerprint density at radius 2 is 1.90 bits per heavy atom. The first-order chi connectivity index (χ1) is 14.2. The van der Waals surface area contributed by atoms with Gasteiger partial charge in [0.05, 0.1) is 4.91 Å². The van der Waals surface area contributed by atoms with E-state index in [1.54, 1.807) is 19.1 Å². The van der Waals surface area contributed by atoms with Gasteiger partial charge in [0.15, 0.2) is 5.17 Å². The molecule has 0 aliphatic carbocycles. The fourth-order valence-electron chi connectivity index (χ4n) is 2.57. The smallest absolute Gasteiger partial charge is 0.457 e. The number of aryl methyl sites for hydroxylation is 1. The summed E-state index contributed by atoms with van der Waals surface area (Å²) in [6, 6.07) is 8.49. The molecule has 7 nitrogen and oxygen atoms in total. The summed E-state index contributed by atoms with van der Waals surface area (Å²) in [7, 11) is 0. The van der Waals surface area contributed by atoms with Crippen LogP contribution in [0.4, 0.5) is 18.3 Å². The Bertz CT molecular complexity index is 1150. The number of amides is 1. The minimum atomic E-state index is -4.76. The molecule has 0 unspecified atom stereocenters. The molecule has 1 fully saturated rings. The minimum Gasteiger partial charge on any atom is -0.457 e. The number of ether oxygens (including phenoxy) is 1. The van der Waals surface area contributed by atoms with Crippen LogP contribution >= 0.6 is 23.1 Å². The molecule has 1 aliphatic heterocycles. The van der Waals surface area contributed by atoms with Gasteiger partial charge in [0.1, 0.15) is 22.3 Å². The van der Waals surface area contributed by atoms with Crippen LogP contribution in [0.15, 0.2) is 45.7 Å². The van der Waals surface area contributed by atoms with E-state index in [4.69, 9.17) is 9.83 Å². The molecule has 3 heterocycles. The lowest BCUT2D eigenvalue weighted by Gasteiger charge is -2.08. The van der Waals surface area contributed by atoms with Gasteiger partial charge in [-0.1, -0.05) is 11.3 Å². The molecule has 1 aromatic carbocycles. The highest BCUT2D eigenvalue weighted by Gasteiger charge is 2.36. The number of carbonyl (C=O) groups is 1. The average molecular weight is 452 g/mol. The van der Waals surface area contributed by atoms with Crippen LogP contribution in [0.2, 0.25) is 0 Å². The van der Waals surface area contributed by atoms with Gasteiger partial charge in [0.2, 0.25) is 5.13 Å². The number of rotatable bonds is 4. The number of amidine groups is 1. The molecule has 3 aromatic rings. The molecule has 154 valence electrons. The Balaban J connectivity index is 1.52. The van der Waals surface area contributed by atoms with Crippen LogP contribution in [0.3, 0.4) is 0 Å². The second-order valence-electron chi connectivity index (χ2n) is 5.93. The molecule has 0 spiro atoms. The number of hydrogen-bond donors (Lipinski definition) is 1. The van der Waals surface area contributed by atoms with E-state index in [0.717, 1.165) is 11.8 Å². The third kappa shape index (κ3) is 4.24. The highest BCUT2D eigenvalue weighted by molar-refractivity contribution is 8.19. The van der Waals surface area contributed by atoms with Crippen LogP contribution in [0.25, 0.3) is 17.4 Å². The van der Waals surface area contributed by atoms with E-state index in [2.05, 4.69) is 14.9 Å². The summed E-state index contributed by atoms with van der Waals surface area (Å²) in [5.74, 6) is 0.0217. The van der Waals surface area contributed by atoms with E-state index in [0.29, 0.717) is 27.2 Å². The summed E-state index contributed by atoms with van der Waals surface area (Å²) in [5.41, 5.74) is 0.540. The molecule has 1 N–H and O–H groups in total. The second kappa shape index (κ2) is 7.61. The molecule has 30 heavy (non-hydrogen) atoms. The SMILES string of the molecule is Cc1nnc(N2C(=N)S/C(=C\c3ccc(-c4ccc(OC(F)(F)F)cc4)o3)C2=O)s1. The first kappa shape index (κ1) is 20.2. The molecule has 1 aliphatic rings. The zero-order valence-corrected chi connectivity index (χ0v) is 16.7. The monoisotopic (exact) mass is 452 g/mol. The lowest BCUT2D eigenvalue weighted by molar-refractivity contribution is -0.274. The second-order valence-corrected chi connectivity index (χ2v) is 8.12. The van der Waals surface area contributed by atoms with Crippen molar-refractivity contribution in [2.24, 2.45) is 0 Å². The summed E-state index contributed by atoms with van der Waals surface area (Å²) in [6.07, 6.45) is -3.26. The number of thioether (sulfide) groups is 1. The largest absolute Gasteiger partial charge is 0.573 e. The third-order valence-corrected chi connectivity index (χ3v) is 5.51. The third-order valence-electron chi connectivity index (χ3n) is 3.80. The topological polar surface area (TPSA) is 92.3 Å². The van der Waals surface area contributed by atoms with E-state index >= 15 is 0 Å². The van der Waals surface area contributed by atoms with Gasteiger partial charge in [-0.15, -0.1) is 23.4 Å². The molecular weight excluding hydrogens is 441 g/mol. The lowest BCUT2D eigenvalue weighted by Crippen LogP contribution is -2.27. The summed E-state index contributed by atoms with van der Waals surface area (Å²) in [5, 5.41) is 16.8. The van der Waals surface area contributed by atoms with Crippen molar-refractivity contribution in [2.75, 3.05) is 4.90 Å². The Kier molecular flexibility index (Phi) is 5.12. The van der Waals surface area contributed by atoms with E-state index in [1.807, 2.05) is 0 Å². The highest BCUT2D eigenvalue weighted by atomic mass is 32.2. The van der Waals surface area contributed by atoms with Crippen LogP contribution in [-0.4, -0.2) is 27.6 Å². The van der Waals surface area contributed by atoms with E-state index in [1.165, 1.54) is 46.6 Å². The number of anilines is 1. The molecule has 1 amide bonds. The van der Waals surface area contributed by atoms with Crippen molar-refractivity contribution < 1.29 is 27.1 Å². The van der Waals surface area contributed by atoms with Gasteiger partial charge in [-0.3, -0.25) is 10.2 Å². The maximum atomic E-state index is 12.6. The molecule has 1 saturated heterocycles. The maximum absolute atomic E-state index is 12.6. The van der Waals surface area contributed by atoms with Gasteiger partial charge in [0, 0.05) is 11.6 Å². The van der Waals surface area contributed by atoms with Crippen LogP contribution < -0.4 is 9.64 Å². The summed E-state index contributed by atoms with van der Waals surface area (Å²) in [6.45, 7) is 1.75. The zero-order valence-electron chi connectivity index (χ0n) is 15.1. The number of benzene rings is 1. The van der Waals surface area contributed by atoms with Crippen molar-refractivity contribution in [3.63, 3.8) is 0 Å². The zero-order chi connectivity index (χ0) is 21.5. The predicted octanol–water partition coefficient (Wildman–Crippen LogP) is 5.06. The number of carbonyl (C=O) groups excluding carboxylic acids is 1. The molecule has 0 bridgehead atoms. The van der Waals surface area contributed by atoms with Gasteiger partial charge in [-0.05, 0) is 55.1 Å². The van der Waals surface area contributed by atoms with Crippen molar-refractivity contribution in [3.8, 4) is 17.1 Å². The average Bonchev–Trinajstić information content (AvgIpc) is 3.35. The first-order valence-corrected chi connectivity index (χ1v) is 9.91. The number of halogens is 3. The molecule has 2 aromatic heterocycles. The number of alkyl halides is 3. The fourth-order valence-corrected chi connectivity index (χ4v) is 4.15. The molecular formula is C18H11F3N4O3S2. The van der Waals surface area contributed by atoms with E-state index in [9.17, 15) is 18.0 Å². The lowest BCUT2D eigenvalue weighted by atomic mass is 10.2. The quantitative estimate of drug-likeness (QED) is 0.557. The van der Waals surface area contributed by atoms with E-state index in [-0.39, 0.29) is 15.8 Å². The summed E-state index contributed by atoms with van der Waals surface area (Å²) >= 11 is 2.17. The number of hydrogen-bond acceptors (Lipinski definition) is 8. The Hall–Kier alpha value is -3.12. The van der Waals surface area contributed by atoms with Gasteiger partial charge >= 0.3 is 6.36 Å². The first-order valence-electron chi connectivity index (χ1n) is 8.28. The Morgan fingerprint density at radius 3 is 2.53 bits per heavy atom. The van der Waals surface area contributed by atoms with Crippen molar-refractivity contribution in [1.82, 2.24) is 10.2 Å². The molecule has 0 saturated carbocycles. The number of nitrogens with one attached hydrogen (secondary N) is 1. The predicted molar refractivity (Wildman–Crippen MR) is 106 cm³/mol. The maximum Gasteiger partial charge on any atom is 0.573 e. The van der Waals surface area contributed by atoms with Crippen LogP contribution in [0.1, 0.15) is 10.8 Å². The van der Waals surface area contributed by atoms with Gasteiger partial charge < -0.3 is 9.15 Å². The molecule has 0 atom stereocenters. The van der Waals surface area contributed by atoms with Crippen molar-refractivity contribution >= 4 is 45.4 Å². The standard InChI is InChI=1S/C18H11F3N4O3S2/c1-9-23-24-17(29-9)25-15(26)14(30-16(25)22)8-12-6-7-13(27-12)10-2-4-11(5-3-10)28-18(19,20)21/h2-8,22H,1H3/b14-8-,22-16?. The summed E-state index contributed by atoms with van der Waals surface area (Å²) in [4.78, 5) is 14.1. The highest BCUT2D eigenvalue weighted by Crippen LogP contribution is 2.37. The van der Waals surface area contributed by atoms with E-state index < -0.39 is 12.3 Å². The van der Waals surface area contributed by atoms with Crippen molar-refractivity contribution in [2.45, 2.75) is 13.3 Å². The number of aromatic nitrogens is 2. The van der Waals surface area contributed by atoms with Crippen LogP contribution in [-0.2, 0) is 4.79 Å².